The molecule has 0 saturated carbocycles. The van der Waals surface area contributed by atoms with Crippen LogP contribution in [0.1, 0.15) is 38.1 Å². The molecular weight excluding hydrogens is 436 g/mol. The number of aromatic carboxylic acids is 1. The fraction of sp³-hybridized carbons (Fsp3) is 0.400. The third kappa shape index (κ3) is 5.62. The number of carbonyl (C=O) groups is 3. The molecule has 0 saturated heterocycles. The monoisotopic (exact) mass is 449 g/mol. The Morgan fingerprint density at radius 2 is 1.43 bits per heavy atom. The number of hydrogen-bond donors (Lipinski definition) is 0. The van der Waals surface area contributed by atoms with Gasteiger partial charge in [-0.25, -0.2) is 0 Å². The fourth-order valence-electron chi connectivity index (χ4n) is 1.27. The predicted octanol–water partition coefficient (Wildman–Crippen LogP) is 2.21. The lowest BCUT2D eigenvalue weighted by Crippen LogP contribution is -2.31. The Balaban J connectivity index is 3.16. The Labute approximate surface area is 150 Å². The molecule has 0 N–H and O–H groups in total. The summed E-state index contributed by atoms with van der Waals surface area (Å²) in [6.45, 7) is 6.29. The van der Waals surface area contributed by atoms with Crippen LogP contribution in [0.3, 0.4) is 0 Å². The molecule has 0 bridgehead atoms. The molecule has 0 spiro atoms. The van der Waals surface area contributed by atoms with Crippen molar-refractivity contribution in [1.29, 1.82) is 0 Å². The zero-order valence-electron chi connectivity index (χ0n) is 12.9. The number of ether oxygens (including phenoxy) is 2. The third-order valence-corrected chi connectivity index (χ3v) is 3.20. The summed E-state index contributed by atoms with van der Waals surface area (Å²) in [6, 6.07) is 3.57. The highest BCUT2D eigenvalue weighted by atomic mass is 79.9. The molecule has 0 radical (unpaired) electrons. The molecule has 0 unspecified atom stereocenters. The van der Waals surface area contributed by atoms with Gasteiger partial charge in [-0.15, -0.1) is 0 Å². The van der Waals surface area contributed by atoms with Gasteiger partial charge in [0.2, 0.25) is 0 Å². The van der Waals surface area contributed by atoms with Gasteiger partial charge in [0, 0.05) is 11.6 Å². The number of halogens is 2. The summed E-state index contributed by atoms with van der Waals surface area (Å²) in [4.78, 5) is 34.9. The highest BCUT2D eigenvalue weighted by Crippen LogP contribution is 2.29. The van der Waals surface area contributed by atoms with Crippen LogP contribution in [0.4, 0.5) is 0 Å². The van der Waals surface area contributed by atoms with Gasteiger partial charge in [0.15, 0.2) is 0 Å². The van der Waals surface area contributed by atoms with E-state index in [9.17, 15) is 19.5 Å². The molecule has 0 fully saturated rings. The Morgan fingerprint density at radius 1 is 0.957 bits per heavy atom. The van der Waals surface area contributed by atoms with Crippen molar-refractivity contribution in [3.8, 4) is 11.5 Å². The number of alkyl halides is 2. The summed E-state index contributed by atoms with van der Waals surface area (Å²) in [5.41, 5.74) is -0.326. The number of carboxylic acids is 1. The molecule has 0 aromatic heterocycles. The molecular formula is C15H15Br2O6-. The molecule has 8 heteroatoms. The molecule has 0 aliphatic carbocycles. The number of carbonyl (C=O) groups excluding carboxylic acids is 3. The van der Waals surface area contributed by atoms with Crippen molar-refractivity contribution < 1.29 is 29.0 Å². The first-order chi connectivity index (χ1) is 10.3. The molecule has 1 aromatic carbocycles. The van der Waals surface area contributed by atoms with Crippen molar-refractivity contribution in [1.82, 2.24) is 0 Å². The minimum Gasteiger partial charge on any atom is -0.545 e. The van der Waals surface area contributed by atoms with E-state index in [-0.39, 0.29) is 17.1 Å². The average molecular weight is 451 g/mol. The van der Waals surface area contributed by atoms with E-state index in [0.717, 1.165) is 12.1 Å². The van der Waals surface area contributed by atoms with Crippen LogP contribution in [-0.4, -0.2) is 26.6 Å². The van der Waals surface area contributed by atoms with Gasteiger partial charge in [0.1, 0.15) is 20.1 Å². The highest BCUT2D eigenvalue weighted by molar-refractivity contribution is 9.10. The van der Waals surface area contributed by atoms with Crippen LogP contribution in [0.15, 0.2) is 18.2 Å². The summed E-state index contributed by atoms with van der Waals surface area (Å²) in [6.07, 6.45) is 0. The van der Waals surface area contributed by atoms with Gasteiger partial charge in [-0.3, -0.25) is 9.59 Å². The van der Waals surface area contributed by atoms with Crippen molar-refractivity contribution in [2.24, 2.45) is 0 Å². The van der Waals surface area contributed by atoms with Crippen LogP contribution >= 0.6 is 31.9 Å². The number of esters is 2. The number of hydrogen-bond acceptors (Lipinski definition) is 6. The van der Waals surface area contributed by atoms with Crippen LogP contribution in [0.5, 0.6) is 11.5 Å². The molecule has 1 aromatic rings. The first kappa shape index (κ1) is 19.6. The molecule has 126 valence electrons. The van der Waals surface area contributed by atoms with E-state index in [4.69, 9.17) is 9.47 Å². The molecule has 23 heavy (non-hydrogen) atoms. The Morgan fingerprint density at radius 3 is 1.87 bits per heavy atom. The lowest BCUT2D eigenvalue weighted by atomic mass is 10.1. The second-order valence-corrected chi connectivity index (χ2v) is 9.63. The molecule has 0 aliphatic heterocycles. The smallest absolute Gasteiger partial charge is 0.327 e. The standard InChI is InChI=1S/C15H16Br2O6/c1-14(2,16)12(20)22-8-5-6-9(11(18)19)10(7-8)23-13(21)15(3,4)17/h5-7H,1-4H3,(H,18,19)/p-1. The lowest BCUT2D eigenvalue weighted by Gasteiger charge is -2.19. The van der Waals surface area contributed by atoms with E-state index in [2.05, 4.69) is 31.9 Å². The summed E-state index contributed by atoms with van der Waals surface area (Å²) in [5, 5.41) is 11.1. The molecule has 1 rings (SSSR count). The Bertz CT molecular complexity index is 640. The minimum absolute atomic E-state index is 0.0442. The van der Waals surface area contributed by atoms with E-state index in [1.54, 1.807) is 27.7 Å². The van der Waals surface area contributed by atoms with Crippen molar-refractivity contribution in [2.75, 3.05) is 0 Å². The first-order valence-corrected chi connectivity index (χ1v) is 8.08. The quantitative estimate of drug-likeness (QED) is 0.388. The van der Waals surface area contributed by atoms with Gasteiger partial charge < -0.3 is 19.4 Å². The number of rotatable bonds is 5. The van der Waals surface area contributed by atoms with Crippen LogP contribution in [0, 0.1) is 0 Å². The van der Waals surface area contributed by atoms with E-state index in [1.165, 1.54) is 6.07 Å². The minimum atomic E-state index is -1.51. The summed E-state index contributed by atoms with van der Waals surface area (Å²) < 4.78 is 8.25. The van der Waals surface area contributed by atoms with Crippen LogP contribution < -0.4 is 14.6 Å². The van der Waals surface area contributed by atoms with E-state index < -0.39 is 26.6 Å². The lowest BCUT2D eigenvalue weighted by molar-refractivity contribution is -0.255. The number of benzene rings is 1. The van der Waals surface area contributed by atoms with Gasteiger partial charge in [-0.05, 0) is 39.8 Å². The summed E-state index contributed by atoms with van der Waals surface area (Å²) >= 11 is 6.27. The van der Waals surface area contributed by atoms with Crippen molar-refractivity contribution in [3.05, 3.63) is 23.8 Å². The number of carboxylic acid groups (broad SMARTS) is 1. The van der Waals surface area contributed by atoms with Crippen LogP contribution in [-0.2, 0) is 9.59 Å². The normalized spacial score (nSPS) is 11.7. The van der Waals surface area contributed by atoms with Gasteiger partial charge in [-0.2, -0.15) is 0 Å². The maximum absolute atomic E-state index is 11.9. The van der Waals surface area contributed by atoms with E-state index >= 15 is 0 Å². The molecule has 0 amide bonds. The Kier molecular flexibility index (Phi) is 5.98. The second kappa shape index (κ2) is 7.00. The summed E-state index contributed by atoms with van der Waals surface area (Å²) in [7, 11) is 0. The average Bonchev–Trinajstić information content (AvgIpc) is 2.36. The van der Waals surface area contributed by atoms with Crippen molar-refractivity contribution >= 4 is 49.8 Å². The van der Waals surface area contributed by atoms with Gasteiger partial charge in [0.05, 0.1) is 5.97 Å². The molecule has 6 nitrogen and oxygen atoms in total. The van der Waals surface area contributed by atoms with E-state index in [1.807, 2.05) is 0 Å². The SMILES string of the molecule is CC(C)(Br)C(=O)Oc1ccc(C(=O)[O-])c(OC(=O)C(C)(C)Br)c1. The zero-order valence-corrected chi connectivity index (χ0v) is 16.1. The first-order valence-electron chi connectivity index (χ1n) is 6.50. The van der Waals surface area contributed by atoms with Crippen molar-refractivity contribution in [3.63, 3.8) is 0 Å². The molecule has 0 heterocycles. The topological polar surface area (TPSA) is 92.7 Å². The van der Waals surface area contributed by atoms with E-state index in [0.29, 0.717) is 0 Å². The van der Waals surface area contributed by atoms with Crippen LogP contribution in [0.25, 0.3) is 0 Å². The third-order valence-electron chi connectivity index (χ3n) is 2.56. The highest BCUT2D eigenvalue weighted by Gasteiger charge is 2.28. The van der Waals surface area contributed by atoms with Crippen LogP contribution in [0.2, 0.25) is 0 Å². The largest absolute Gasteiger partial charge is 0.545 e. The fourth-order valence-corrected chi connectivity index (χ4v) is 1.43. The Hall–Kier alpha value is -1.41. The zero-order chi connectivity index (χ0) is 18.0. The molecule has 0 aliphatic rings. The summed E-state index contributed by atoms with van der Waals surface area (Å²) in [5.74, 6) is -3.03. The molecule has 0 atom stereocenters. The predicted molar refractivity (Wildman–Crippen MR) is 88.1 cm³/mol. The second-order valence-electron chi connectivity index (χ2n) is 5.67. The van der Waals surface area contributed by atoms with Gasteiger partial charge in [0.25, 0.3) is 0 Å². The van der Waals surface area contributed by atoms with Crippen molar-refractivity contribution in [2.45, 2.75) is 36.3 Å². The van der Waals surface area contributed by atoms with Gasteiger partial charge >= 0.3 is 11.9 Å². The maximum Gasteiger partial charge on any atom is 0.327 e. The van der Waals surface area contributed by atoms with Gasteiger partial charge in [-0.1, -0.05) is 31.9 Å². The maximum atomic E-state index is 11.9.